The van der Waals surface area contributed by atoms with Crippen LogP contribution < -0.4 is 4.73 Å². The average Bonchev–Trinajstić information content (AvgIpc) is 2.49. The van der Waals surface area contributed by atoms with Gasteiger partial charge in [-0.3, -0.25) is 4.98 Å². The van der Waals surface area contributed by atoms with Crippen molar-refractivity contribution >= 4 is 0 Å². The molecule has 0 aromatic carbocycles. The third-order valence-electron chi connectivity index (χ3n) is 2.81. The van der Waals surface area contributed by atoms with Crippen molar-refractivity contribution in [1.29, 1.82) is 0 Å². The van der Waals surface area contributed by atoms with Gasteiger partial charge in [-0.25, -0.2) is 4.98 Å². The van der Waals surface area contributed by atoms with E-state index in [1.165, 1.54) is 6.20 Å². The third-order valence-corrected chi connectivity index (χ3v) is 2.81. The van der Waals surface area contributed by atoms with Crippen LogP contribution in [0.1, 0.15) is 0 Å². The van der Waals surface area contributed by atoms with Crippen molar-refractivity contribution in [1.82, 2.24) is 9.97 Å². The summed E-state index contributed by atoms with van der Waals surface area (Å²) in [6.45, 7) is 0. The highest BCUT2D eigenvalue weighted by Gasteiger charge is 2.17. The minimum atomic E-state index is 0.516. The fourth-order valence-corrected chi connectivity index (χ4v) is 1.97. The molecule has 0 atom stereocenters. The molecule has 92 valence electrons. The van der Waals surface area contributed by atoms with Crippen LogP contribution in [0, 0.1) is 5.21 Å². The van der Waals surface area contributed by atoms with Gasteiger partial charge >= 0.3 is 0 Å². The van der Waals surface area contributed by atoms with Crippen LogP contribution in [-0.2, 0) is 0 Å². The van der Waals surface area contributed by atoms with Gasteiger partial charge < -0.3 is 5.21 Å². The molecule has 0 aliphatic rings. The molecule has 0 aliphatic carbocycles. The van der Waals surface area contributed by atoms with E-state index < -0.39 is 0 Å². The van der Waals surface area contributed by atoms with E-state index in [1.54, 1.807) is 18.5 Å². The molecule has 3 aromatic heterocycles. The summed E-state index contributed by atoms with van der Waals surface area (Å²) < 4.78 is 0.826. The van der Waals surface area contributed by atoms with Crippen LogP contribution in [0.4, 0.5) is 0 Å². The van der Waals surface area contributed by atoms with Crippen molar-refractivity contribution in [2.45, 2.75) is 0 Å². The lowest BCUT2D eigenvalue weighted by Crippen LogP contribution is -2.29. The van der Waals surface area contributed by atoms with Crippen LogP contribution in [0.2, 0.25) is 0 Å². The molecule has 0 aliphatic heterocycles. The molecule has 0 amide bonds. The van der Waals surface area contributed by atoms with Gasteiger partial charge in [0.05, 0.1) is 11.3 Å². The molecule has 4 nitrogen and oxygen atoms in total. The molecular weight excluding hydrogens is 238 g/mol. The van der Waals surface area contributed by atoms with E-state index in [4.69, 9.17) is 0 Å². The minimum Gasteiger partial charge on any atom is -0.618 e. The van der Waals surface area contributed by atoms with Crippen molar-refractivity contribution in [3.05, 3.63) is 72.3 Å². The summed E-state index contributed by atoms with van der Waals surface area (Å²) in [6.07, 6.45) is 4.85. The van der Waals surface area contributed by atoms with E-state index in [0.29, 0.717) is 11.4 Å². The third kappa shape index (κ3) is 2.15. The maximum atomic E-state index is 12.1. The summed E-state index contributed by atoms with van der Waals surface area (Å²) >= 11 is 0. The van der Waals surface area contributed by atoms with Crippen LogP contribution in [0.5, 0.6) is 0 Å². The molecule has 19 heavy (non-hydrogen) atoms. The maximum Gasteiger partial charge on any atom is 0.251 e. The molecule has 0 spiro atoms. The van der Waals surface area contributed by atoms with Crippen molar-refractivity contribution in [3.8, 4) is 22.6 Å². The Morgan fingerprint density at radius 3 is 2.11 bits per heavy atom. The maximum absolute atomic E-state index is 12.1. The highest BCUT2D eigenvalue weighted by Crippen LogP contribution is 2.25. The zero-order valence-electron chi connectivity index (χ0n) is 10.1. The van der Waals surface area contributed by atoms with Crippen molar-refractivity contribution in [2.75, 3.05) is 0 Å². The molecule has 3 rings (SSSR count). The molecule has 0 bridgehead atoms. The lowest BCUT2D eigenvalue weighted by molar-refractivity contribution is -0.593. The van der Waals surface area contributed by atoms with Crippen molar-refractivity contribution in [2.24, 2.45) is 0 Å². The fraction of sp³-hybridized carbons (Fsp3) is 0. The van der Waals surface area contributed by atoms with E-state index in [0.717, 1.165) is 16.0 Å². The fourth-order valence-electron chi connectivity index (χ4n) is 1.97. The Morgan fingerprint density at radius 1 is 0.789 bits per heavy atom. The summed E-state index contributed by atoms with van der Waals surface area (Å²) in [5, 5.41) is 12.1. The van der Waals surface area contributed by atoms with Gasteiger partial charge in [-0.15, -0.1) is 0 Å². The van der Waals surface area contributed by atoms with Crippen LogP contribution in [0.15, 0.2) is 67.1 Å². The normalized spacial score (nSPS) is 10.3. The molecule has 0 saturated heterocycles. The minimum absolute atomic E-state index is 0.516. The molecule has 0 saturated carbocycles. The monoisotopic (exact) mass is 249 g/mol. The predicted octanol–water partition coefficient (Wildman–Crippen LogP) is 2.44. The van der Waals surface area contributed by atoms with Gasteiger partial charge in [0.15, 0.2) is 6.20 Å². The van der Waals surface area contributed by atoms with Gasteiger partial charge in [0.1, 0.15) is 5.69 Å². The Bertz CT molecular complexity index is 684. The molecule has 0 fully saturated rings. The Balaban J connectivity index is 2.25. The van der Waals surface area contributed by atoms with Crippen molar-refractivity contribution in [3.63, 3.8) is 0 Å². The van der Waals surface area contributed by atoms with E-state index in [9.17, 15) is 5.21 Å². The predicted molar refractivity (Wildman–Crippen MR) is 71.9 cm³/mol. The van der Waals surface area contributed by atoms with E-state index in [-0.39, 0.29) is 0 Å². The largest absolute Gasteiger partial charge is 0.618 e. The first-order chi connectivity index (χ1) is 9.36. The van der Waals surface area contributed by atoms with Gasteiger partial charge in [0.25, 0.3) is 5.69 Å². The molecule has 0 N–H and O–H groups in total. The number of rotatable bonds is 2. The molecular formula is C15H11N3O. The summed E-state index contributed by atoms with van der Waals surface area (Å²) in [7, 11) is 0. The molecule has 0 unspecified atom stereocenters. The van der Waals surface area contributed by atoms with Gasteiger partial charge in [0.2, 0.25) is 0 Å². The lowest BCUT2D eigenvalue weighted by atomic mass is 10.1. The topological polar surface area (TPSA) is 52.7 Å². The standard InChI is InChI=1S/C15H11N3O/c19-18-11-5-6-12(13-7-1-3-9-16-13)15(18)14-8-2-4-10-17-14/h1-11H. The summed E-state index contributed by atoms with van der Waals surface area (Å²) in [4.78, 5) is 8.54. The Morgan fingerprint density at radius 2 is 1.47 bits per heavy atom. The SMILES string of the molecule is [O-][n+]1cccc(-c2ccccn2)c1-c1ccccn1. The Hall–Kier alpha value is -2.75. The quantitative estimate of drug-likeness (QED) is 0.517. The highest BCUT2D eigenvalue weighted by molar-refractivity contribution is 5.74. The van der Waals surface area contributed by atoms with Gasteiger partial charge in [0, 0.05) is 18.5 Å². The van der Waals surface area contributed by atoms with Crippen molar-refractivity contribution < 1.29 is 4.73 Å². The number of hydrogen-bond acceptors (Lipinski definition) is 3. The second-order valence-corrected chi connectivity index (χ2v) is 4.03. The lowest BCUT2D eigenvalue weighted by Gasteiger charge is -2.08. The van der Waals surface area contributed by atoms with Crippen LogP contribution in [-0.4, -0.2) is 9.97 Å². The van der Waals surface area contributed by atoms with Gasteiger partial charge in [-0.05, 0) is 30.3 Å². The molecule has 0 radical (unpaired) electrons. The van der Waals surface area contributed by atoms with E-state index in [2.05, 4.69) is 9.97 Å². The summed E-state index contributed by atoms with van der Waals surface area (Å²) in [5.41, 5.74) is 2.69. The zero-order valence-corrected chi connectivity index (χ0v) is 10.1. The second-order valence-electron chi connectivity index (χ2n) is 4.03. The first kappa shape index (κ1) is 11.3. The number of hydrogen-bond donors (Lipinski definition) is 0. The Labute approximate surface area is 110 Å². The molecule has 3 heterocycles. The zero-order chi connectivity index (χ0) is 13.1. The smallest absolute Gasteiger partial charge is 0.251 e. The average molecular weight is 249 g/mol. The van der Waals surface area contributed by atoms with E-state index >= 15 is 0 Å². The first-order valence-electron chi connectivity index (χ1n) is 5.91. The van der Waals surface area contributed by atoms with Gasteiger partial charge in [-0.2, -0.15) is 4.73 Å². The summed E-state index contributed by atoms with van der Waals surface area (Å²) in [6, 6.07) is 14.7. The van der Waals surface area contributed by atoms with Crippen LogP contribution in [0.25, 0.3) is 22.6 Å². The van der Waals surface area contributed by atoms with Gasteiger partial charge in [-0.1, -0.05) is 12.1 Å². The second kappa shape index (κ2) is 4.86. The van der Waals surface area contributed by atoms with Crippen LogP contribution in [0.3, 0.4) is 0 Å². The molecule has 4 heteroatoms. The van der Waals surface area contributed by atoms with E-state index in [1.807, 2.05) is 42.5 Å². The number of pyridine rings is 3. The summed E-state index contributed by atoms with van der Waals surface area (Å²) in [5.74, 6) is 0. The highest BCUT2D eigenvalue weighted by atomic mass is 16.5. The first-order valence-corrected chi connectivity index (χ1v) is 5.91. The number of aromatic nitrogens is 3. The van der Waals surface area contributed by atoms with Crippen LogP contribution >= 0.6 is 0 Å². The molecule has 3 aromatic rings. The Kier molecular flexibility index (Phi) is 2.90. The number of nitrogens with zero attached hydrogens (tertiary/aromatic N) is 3.